The smallest absolute Gasteiger partial charge is 0.217 e. The van der Waals surface area contributed by atoms with Crippen molar-refractivity contribution in [2.24, 2.45) is 0 Å². The lowest BCUT2D eigenvalue weighted by atomic mass is 9.98. The Hall–Kier alpha value is -2.74. The van der Waals surface area contributed by atoms with Crippen molar-refractivity contribution in [1.29, 1.82) is 0 Å². The first-order chi connectivity index (χ1) is 15.0. The second kappa shape index (κ2) is 9.18. The number of aliphatic hydroxyl groups excluding tert-OH is 2. The molecule has 0 aromatic heterocycles. The van der Waals surface area contributed by atoms with Crippen molar-refractivity contribution in [1.82, 2.24) is 4.90 Å². The quantitative estimate of drug-likeness (QED) is 0.703. The van der Waals surface area contributed by atoms with Crippen molar-refractivity contribution >= 4 is 5.57 Å². The molecule has 2 atom stereocenters. The summed E-state index contributed by atoms with van der Waals surface area (Å²) in [5.74, 6) is 2.64. The van der Waals surface area contributed by atoms with E-state index in [-0.39, 0.29) is 6.61 Å². The molecule has 0 amide bonds. The van der Waals surface area contributed by atoms with Gasteiger partial charge < -0.3 is 29.2 Å². The number of rotatable bonds is 7. The van der Waals surface area contributed by atoms with Crippen LogP contribution in [0.3, 0.4) is 0 Å². The minimum Gasteiger partial charge on any atom is -0.493 e. The maximum absolute atomic E-state index is 10.5. The topological polar surface area (TPSA) is 80.6 Å². The Morgan fingerprint density at radius 2 is 1.87 bits per heavy atom. The molecule has 2 heterocycles. The summed E-state index contributed by atoms with van der Waals surface area (Å²) >= 11 is 0. The van der Waals surface area contributed by atoms with E-state index in [0.29, 0.717) is 18.0 Å². The summed E-state index contributed by atoms with van der Waals surface area (Å²) in [6.07, 6.45) is 0.968. The predicted molar refractivity (Wildman–Crippen MR) is 117 cm³/mol. The molecule has 2 aliphatic heterocycles. The first kappa shape index (κ1) is 21.5. The predicted octanol–water partition coefficient (Wildman–Crippen LogP) is 2.62. The third kappa shape index (κ3) is 4.79. The van der Waals surface area contributed by atoms with Crippen molar-refractivity contribution < 1.29 is 29.2 Å². The highest BCUT2D eigenvalue weighted by molar-refractivity contribution is 5.71. The van der Waals surface area contributed by atoms with Gasteiger partial charge in [-0.25, -0.2) is 0 Å². The van der Waals surface area contributed by atoms with E-state index in [4.69, 9.17) is 18.9 Å². The Bertz CT molecular complexity index is 973. The summed E-state index contributed by atoms with van der Waals surface area (Å²) in [4.78, 5) is 2.21. The highest BCUT2D eigenvalue weighted by atomic mass is 16.6. The van der Waals surface area contributed by atoms with E-state index in [1.165, 1.54) is 11.1 Å². The number of β-amino-alcohol motifs (C(OH)–C–C–N with tert-alkyl or cyclic N) is 1. The maximum atomic E-state index is 10.5. The van der Waals surface area contributed by atoms with Crippen LogP contribution in [0, 0.1) is 0 Å². The lowest BCUT2D eigenvalue weighted by molar-refractivity contribution is 0.0220. The molecule has 0 radical (unpaired) electrons. The fourth-order valence-corrected chi connectivity index (χ4v) is 4.12. The molecule has 7 nitrogen and oxygen atoms in total. The van der Waals surface area contributed by atoms with Gasteiger partial charge in [-0.05, 0) is 60.4 Å². The molecule has 0 saturated carbocycles. The minimum atomic E-state index is -0.950. The van der Waals surface area contributed by atoms with Gasteiger partial charge in [-0.15, -0.1) is 0 Å². The van der Waals surface area contributed by atoms with Crippen LogP contribution in [0.2, 0.25) is 0 Å². The van der Waals surface area contributed by atoms with E-state index in [2.05, 4.69) is 4.90 Å². The zero-order valence-electron chi connectivity index (χ0n) is 18.1. The number of hydrogen-bond donors (Lipinski definition) is 2. The van der Waals surface area contributed by atoms with E-state index in [1.54, 1.807) is 26.4 Å². The zero-order chi connectivity index (χ0) is 22.0. The van der Waals surface area contributed by atoms with E-state index in [9.17, 15) is 10.2 Å². The van der Waals surface area contributed by atoms with Crippen molar-refractivity contribution in [3.8, 4) is 23.0 Å². The molecular weight excluding hydrogens is 398 g/mol. The van der Waals surface area contributed by atoms with Gasteiger partial charge in [0.05, 0.1) is 14.2 Å². The molecule has 0 spiro atoms. The number of allylic oxidation sites excluding steroid dienone is 1. The molecule has 7 heteroatoms. The monoisotopic (exact) mass is 427 g/mol. The highest BCUT2D eigenvalue weighted by Gasteiger charge is 2.22. The van der Waals surface area contributed by atoms with Crippen LogP contribution in [0.25, 0.3) is 5.57 Å². The van der Waals surface area contributed by atoms with Crippen molar-refractivity contribution in [2.45, 2.75) is 32.3 Å². The maximum Gasteiger partial charge on any atom is 0.217 e. The van der Waals surface area contributed by atoms with Gasteiger partial charge in [-0.3, -0.25) is 4.90 Å². The second-order valence-corrected chi connectivity index (χ2v) is 7.94. The molecule has 0 bridgehead atoms. The molecule has 4 rings (SSSR count). The fraction of sp³-hybridized carbons (Fsp3) is 0.417. The molecule has 2 unspecified atom stereocenters. The van der Waals surface area contributed by atoms with Gasteiger partial charge in [-0.2, -0.15) is 0 Å². The van der Waals surface area contributed by atoms with Crippen LogP contribution in [0.4, 0.5) is 0 Å². The minimum absolute atomic E-state index is 0.172. The number of methoxy groups -OCH3 is 2. The SMILES string of the molecule is COc1cc2c(cc1OC)CN(CC(O)COc1ccc3c(c1)OC(O)C=C3C)CC2. The van der Waals surface area contributed by atoms with Crippen LogP contribution in [-0.2, 0) is 13.0 Å². The lowest BCUT2D eigenvalue weighted by Gasteiger charge is -2.31. The van der Waals surface area contributed by atoms with E-state index < -0.39 is 12.4 Å². The number of aliphatic hydroxyl groups is 2. The van der Waals surface area contributed by atoms with Crippen LogP contribution >= 0.6 is 0 Å². The van der Waals surface area contributed by atoms with Crippen LogP contribution < -0.4 is 18.9 Å². The third-order valence-corrected chi connectivity index (χ3v) is 5.73. The molecule has 0 saturated heterocycles. The summed E-state index contributed by atoms with van der Waals surface area (Å²) in [6, 6.07) is 9.55. The number of ether oxygens (including phenoxy) is 4. The van der Waals surface area contributed by atoms with Crippen LogP contribution in [-0.4, -0.2) is 61.4 Å². The largest absolute Gasteiger partial charge is 0.493 e. The van der Waals surface area contributed by atoms with Gasteiger partial charge in [0.15, 0.2) is 11.5 Å². The highest BCUT2D eigenvalue weighted by Crippen LogP contribution is 2.35. The van der Waals surface area contributed by atoms with Gasteiger partial charge in [0.2, 0.25) is 6.29 Å². The average Bonchev–Trinajstić information content (AvgIpc) is 2.76. The third-order valence-electron chi connectivity index (χ3n) is 5.73. The van der Waals surface area contributed by atoms with Crippen LogP contribution in [0.1, 0.15) is 23.6 Å². The van der Waals surface area contributed by atoms with E-state index >= 15 is 0 Å². The number of nitrogens with zero attached hydrogens (tertiary/aromatic N) is 1. The van der Waals surface area contributed by atoms with E-state index in [1.807, 2.05) is 31.2 Å². The summed E-state index contributed by atoms with van der Waals surface area (Å²) in [5, 5.41) is 20.3. The molecule has 31 heavy (non-hydrogen) atoms. The first-order valence-electron chi connectivity index (χ1n) is 10.4. The number of hydrogen-bond acceptors (Lipinski definition) is 7. The second-order valence-electron chi connectivity index (χ2n) is 7.94. The summed E-state index contributed by atoms with van der Waals surface area (Å²) in [7, 11) is 3.28. The van der Waals surface area contributed by atoms with Crippen molar-refractivity contribution in [2.75, 3.05) is 33.9 Å². The number of fused-ring (bicyclic) bond motifs is 2. The Kier molecular flexibility index (Phi) is 6.36. The van der Waals surface area contributed by atoms with Crippen LogP contribution in [0.5, 0.6) is 23.0 Å². The Balaban J connectivity index is 1.33. The molecule has 2 N–H and O–H groups in total. The van der Waals surface area contributed by atoms with Crippen molar-refractivity contribution in [3.63, 3.8) is 0 Å². The van der Waals surface area contributed by atoms with Gasteiger partial charge in [0, 0.05) is 31.3 Å². The lowest BCUT2D eigenvalue weighted by Crippen LogP contribution is -2.38. The molecular formula is C24H29NO6. The average molecular weight is 427 g/mol. The Morgan fingerprint density at radius 1 is 1.13 bits per heavy atom. The Morgan fingerprint density at radius 3 is 2.61 bits per heavy atom. The number of benzene rings is 2. The van der Waals surface area contributed by atoms with Gasteiger partial charge in [0.1, 0.15) is 24.2 Å². The molecule has 2 aromatic carbocycles. The normalized spacial score (nSPS) is 18.9. The summed E-state index contributed by atoms with van der Waals surface area (Å²) < 4.78 is 22.0. The van der Waals surface area contributed by atoms with Crippen molar-refractivity contribution in [3.05, 3.63) is 53.1 Å². The van der Waals surface area contributed by atoms with E-state index in [0.717, 1.165) is 42.1 Å². The standard InChI is InChI=1S/C24H29NO6/c1-15-8-24(27)31-21-11-19(4-5-20(15)21)30-14-18(26)13-25-7-6-16-9-22(28-2)23(29-3)10-17(16)12-25/h4-5,8-11,18,24,26-27H,6-7,12-14H2,1-3H3. The van der Waals surface area contributed by atoms with Gasteiger partial charge in [-0.1, -0.05) is 0 Å². The summed E-state index contributed by atoms with van der Waals surface area (Å²) in [6.45, 7) is 4.21. The van der Waals surface area contributed by atoms with Crippen LogP contribution in [0.15, 0.2) is 36.4 Å². The molecule has 2 aromatic rings. The fourth-order valence-electron chi connectivity index (χ4n) is 4.12. The molecule has 0 aliphatic carbocycles. The molecule has 0 fully saturated rings. The Labute approximate surface area is 182 Å². The summed E-state index contributed by atoms with van der Waals surface area (Å²) in [5.41, 5.74) is 4.32. The molecule has 2 aliphatic rings. The van der Waals surface area contributed by atoms with Gasteiger partial charge in [0.25, 0.3) is 0 Å². The molecule has 166 valence electrons. The first-order valence-corrected chi connectivity index (χ1v) is 10.4. The zero-order valence-corrected chi connectivity index (χ0v) is 18.1. The van der Waals surface area contributed by atoms with Gasteiger partial charge >= 0.3 is 0 Å².